The van der Waals surface area contributed by atoms with Crippen molar-refractivity contribution in [3.05, 3.63) is 46.5 Å². The first-order valence-corrected chi connectivity index (χ1v) is 5.19. The minimum atomic E-state index is 0.566. The second-order valence-electron chi connectivity index (χ2n) is 2.99. The topological polar surface area (TPSA) is 40.7 Å². The summed E-state index contributed by atoms with van der Waals surface area (Å²) in [5.41, 5.74) is 0.734. The number of hydrogen-bond donors (Lipinski definition) is 2. The molecule has 0 aliphatic rings. The van der Waals surface area contributed by atoms with Crippen molar-refractivity contribution >= 4 is 28.9 Å². The van der Waals surface area contributed by atoms with Gasteiger partial charge in [-0.05, 0) is 12.1 Å². The number of H-pyrrole nitrogens is 1. The predicted molar refractivity (Wildman–Crippen MR) is 62.4 cm³/mol. The highest BCUT2D eigenvalue weighted by Gasteiger charge is 2.04. The molecule has 78 valence electrons. The molecule has 0 bridgehead atoms. The molecular formula is C10H9Cl2N3. The van der Waals surface area contributed by atoms with Crippen LogP contribution in [0.4, 0.5) is 5.69 Å². The SMILES string of the molecule is Clc1cccc(Cl)c1NCc1ncc[nH]1. The van der Waals surface area contributed by atoms with Gasteiger partial charge in [0, 0.05) is 12.4 Å². The molecule has 0 saturated heterocycles. The zero-order valence-electron chi connectivity index (χ0n) is 7.80. The van der Waals surface area contributed by atoms with Crippen LogP contribution >= 0.6 is 23.2 Å². The van der Waals surface area contributed by atoms with E-state index in [1.807, 2.05) is 6.07 Å². The first-order valence-electron chi connectivity index (χ1n) is 4.43. The summed E-state index contributed by atoms with van der Waals surface area (Å²) in [5.74, 6) is 0.839. The van der Waals surface area contributed by atoms with Gasteiger partial charge in [-0.3, -0.25) is 0 Å². The van der Waals surface area contributed by atoms with Crippen molar-refractivity contribution in [2.75, 3.05) is 5.32 Å². The molecule has 0 aliphatic heterocycles. The zero-order valence-corrected chi connectivity index (χ0v) is 9.31. The largest absolute Gasteiger partial charge is 0.375 e. The van der Waals surface area contributed by atoms with Gasteiger partial charge < -0.3 is 10.3 Å². The zero-order chi connectivity index (χ0) is 10.7. The lowest BCUT2D eigenvalue weighted by Crippen LogP contribution is -2.02. The van der Waals surface area contributed by atoms with Gasteiger partial charge in [-0.1, -0.05) is 29.3 Å². The minimum absolute atomic E-state index is 0.566. The van der Waals surface area contributed by atoms with Crippen LogP contribution in [0.25, 0.3) is 0 Å². The Labute approximate surface area is 97.4 Å². The van der Waals surface area contributed by atoms with Gasteiger partial charge in [-0.15, -0.1) is 0 Å². The van der Waals surface area contributed by atoms with Crippen molar-refractivity contribution < 1.29 is 0 Å². The summed E-state index contributed by atoms with van der Waals surface area (Å²) in [6, 6.07) is 5.39. The maximum Gasteiger partial charge on any atom is 0.125 e. The number of anilines is 1. The first-order chi connectivity index (χ1) is 7.27. The number of aromatic amines is 1. The lowest BCUT2D eigenvalue weighted by Gasteiger charge is -2.08. The molecule has 1 aromatic carbocycles. The summed E-state index contributed by atoms with van der Waals surface area (Å²) < 4.78 is 0. The normalized spacial score (nSPS) is 10.3. The van der Waals surface area contributed by atoms with Gasteiger partial charge in [0.05, 0.1) is 22.3 Å². The molecule has 1 heterocycles. The lowest BCUT2D eigenvalue weighted by molar-refractivity contribution is 1.00. The monoisotopic (exact) mass is 241 g/mol. The summed E-state index contributed by atoms with van der Waals surface area (Å²) in [4.78, 5) is 7.07. The molecular weight excluding hydrogens is 233 g/mol. The van der Waals surface area contributed by atoms with Crippen LogP contribution in [0.3, 0.4) is 0 Å². The second-order valence-corrected chi connectivity index (χ2v) is 3.80. The van der Waals surface area contributed by atoms with E-state index < -0.39 is 0 Å². The summed E-state index contributed by atoms with van der Waals surface area (Å²) >= 11 is 12.0. The highest BCUT2D eigenvalue weighted by molar-refractivity contribution is 6.39. The Morgan fingerprint density at radius 1 is 1.27 bits per heavy atom. The Kier molecular flexibility index (Phi) is 3.14. The fraction of sp³-hybridized carbons (Fsp3) is 0.100. The molecule has 0 atom stereocenters. The van der Waals surface area contributed by atoms with Crippen LogP contribution in [0.5, 0.6) is 0 Å². The molecule has 2 aromatic rings. The fourth-order valence-corrected chi connectivity index (χ4v) is 1.76. The maximum absolute atomic E-state index is 5.99. The average molecular weight is 242 g/mol. The molecule has 1 aromatic heterocycles. The van der Waals surface area contributed by atoms with Crippen LogP contribution in [0.1, 0.15) is 5.82 Å². The molecule has 2 rings (SSSR count). The van der Waals surface area contributed by atoms with Crippen molar-refractivity contribution in [1.29, 1.82) is 0 Å². The van der Waals surface area contributed by atoms with Crippen molar-refractivity contribution in [1.82, 2.24) is 9.97 Å². The second kappa shape index (κ2) is 4.55. The van der Waals surface area contributed by atoms with Crippen molar-refractivity contribution in [2.45, 2.75) is 6.54 Å². The van der Waals surface area contributed by atoms with Gasteiger partial charge in [0.2, 0.25) is 0 Å². The molecule has 0 amide bonds. The lowest BCUT2D eigenvalue weighted by atomic mass is 10.3. The number of imidazole rings is 1. The first kappa shape index (κ1) is 10.3. The van der Waals surface area contributed by atoms with Gasteiger partial charge >= 0.3 is 0 Å². The average Bonchev–Trinajstić information content (AvgIpc) is 2.70. The number of rotatable bonds is 3. The standard InChI is InChI=1S/C10H9Cl2N3/c11-7-2-1-3-8(12)10(7)15-6-9-13-4-5-14-9/h1-5,15H,6H2,(H,13,14). The number of benzene rings is 1. The predicted octanol–water partition coefficient (Wildman–Crippen LogP) is 3.33. The van der Waals surface area contributed by atoms with E-state index in [4.69, 9.17) is 23.2 Å². The van der Waals surface area contributed by atoms with Gasteiger partial charge in [0.25, 0.3) is 0 Å². The molecule has 0 radical (unpaired) electrons. The highest BCUT2D eigenvalue weighted by Crippen LogP contribution is 2.29. The van der Waals surface area contributed by atoms with Gasteiger partial charge in [0.1, 0.15) is 5.82 Å². The molecule has 0 unspecified atom stereocenters. The molecule has 15 heavy (non-hydrogen) atoms. The van der Waals surface area contributed by atoms with Crippen LogP contribution in [0, 0.1) is 0 Å². The van der Waals surface area contributed by atoms with Crippen molar-refractivity contribution in [2.24, 2.45) is 0 Å². The number of nitrogens with one attached hydrogen (secondary N) is 2. The number of halogens is 2. The third kappa shape index (κ3) is 2.43. The molecule has 2 N–H and O–H groups in total. The van der Waals surface area contributed by atoms with Crippen LogP contribution < -0.4 is 5.32 Å². The van der Waals surface area contributed by atoms with Gasteiger partial charge in [-0.2, -0.15) is 0 Å². The van der Waals surface area contributed by atoms with Crippen LogP contribution in [0.2, 0.25) is 10.0 Å². The molecule has 0 saturated carbocycles. The number of para-hydroxylation sites is 1. The van der Waals surface area contributed by atoms with E-state index in [1.54, 1.807) is 24.5 Å². The smallest absolute Gasteiger partial charge is 0.125 e. The highest BCUT2D eigenvalue weighted by atomic mass is 35.5. The fourth-order valence-electron chi connectivity index (χ4n) is 1.23. The number of aromatic nitrogens is 2. The molecule has 0 spiro atoms. The Morgan fingerprint density at radius 3 is 2.60 bits per heavy atom. The van der Waals surface area contributed by atoms with Gasteiger partial charge in [-0.25, -0.2) is 4.98 Å². The summed E-state index contributed by atoms with van der Waals surface area (Å²) in [5, 5.41) is 4.34. The van der Waals surface area contributed by atoms with E-state index in [0.29, 0.717) is 16.6 Å². The molecule has 0 fully saturated rings. The Morgan fingerprint density at radius 2 is 2.00 bits per heavy atom. The van der Waals surface area contributed by atoms with Gasteiger partial charge in [0.15, 0.2) is 0 Å². The van der Waals surface area contributed by atoms with Crippen LogP contribution in [-0.2, 0) is 6.54 Å². The van der Waals surface area contributed by atoms with Crippen LogP contribution in [-0.4, -0.2) is 9.97 Å². The number of nitrogens with zero attached hydrogens (tertiary/aromatic N) is 1. The molecule has 0 aliphatic carbocycles. The van der Waals surface area contributed by atoms with E-state index in [0.717, 1.165) is 11.5 Å². The van der Waals surface area contributed by atoms with E-state index in [1.165, 1.54) is 0 Å². The summed E-state index contributed by atoms with van der Waals surface area (Å²) in [7, 11) is 0. The number of hydrogen-bond acceptors (Lipinski definition) is 2. The third-order valence-electron chi connectivity index (χ3n) is 1.95. The summed E-state index contributed by atoms with van der Waals surface area (Å²) in [6.45, 7) is 0.566. The maximum atomic E-state index is 5.99. The third-order valence-corrected chi connectivity index (χ3v) is 2.58. The van der Waals surface area contributed by atoms with E-state index >= 15 is 0 Å². The van der Waals surface area contributed by atoms with E-state index in [2.05, 4.69) is 15.3 Å². The van der Waals surface area contributed by atoms with E-state index in [9.17, 15) is 0 Å². The van der Waals surface area contributed by atoms with Crippen molar-refractivity contribution in [3.8, 4) is 0 Å². The van der Waals surface area contributed by atoms with Crippen LogP contribution in [0.15, 0.2) is 30.6 Å². The van der Waals surface area contributed by atoms with Crippen molar-refractivity contribution in [3.63, 3.8) is 0 Å². The Balaban J connectivity index is 2.11. The quantitative estimate of drug-likeness (QED) is 0.866. The Bertz CT molecular complexity index is 420. The minimum Gasteiger partial charge on any atom is -0.375 e. The summed E-state index contributed by atoms with van der Waals surface area (Å²) in [6.07, 6.45) is 3.47. The Hall–Kier alpha value is -1.19. The van der Waals surface area contributed by atoms with E-state index in [-0.39, 0.29) is 0 Å². The molecule has 5 heteroatoms. The molecule has 3 nitrogen and oxygen atoms in total.